The Hall–Kier alpha value is -4.11. The molecule has 0 heterocycles. The molecule has 0 radical (unpaired) electrons. The Morgan fingerprint density at radius 2 is 1.77 bits per heavy atom. The van der Waals surface area contributed by atoms with Crippen molar-refractivity contribution in [3.8, 4) is 17.6 Å². The van der Waals surface area contributed by atoms with E-state index in [2.05, 4.69) is 16.6 Å². The summed E-state index contributed by atoms with van der Waals surface area (Å²) in [5.41, 5.74) is 5.07. The number of carbonyl (C=O) groups excluding carboxylic acids is 1. The second-order valence-corrected chi connectivity index (χ2v) is 6.25. The number of hydrazone groups is 1. The lowest BCUT2D eigenvalue weighted by atomic mass is 10.1. The van der Waals surface area contributed by atoms with E-state index in [-0.39, 0.29) is 12.5 Å². The van der Waals surface area contributed by atoms with Crippen LogP contribution in [-0.4, -0.2) is 18.7 Å². The molecule has 0 aromatic heterocycles. The Morgan fingerprint density at radius 3 is 2.53 bits per heavy atom. The summed E-state index contributed by atoms with van der Waals surface area (Å²) in [6.07, 6.45) is 1.53. The monoisotopic (exact) mass is 399 g/mol. The van der Waals surface area contributed by atoms with Crippen LogP contribution < -0.4 is 14.9 Å². The van der Waals surface area contributed by atoms with Crippen LogP contribution in [0.3, 0.4) is 0 Å². The molecule has 3 aromatic carbocycles. The molecule has 0 saturated carbocycles. The van der Waals surface area contributed by atoms with Crippen LogP contribution in [0.1, 0.15) is 34.0 Å². The predicted octanol–water partition coefficient (Wildman–Crippen LogP) is 4.30. The lowest BCUT2D eigenvalue weighted by Crippen LogP contribution is -2.17. The van der Waals surface area contributed by atoms with Crippen LogP contribution in [0.5, 0.6) is 11.5 Å². The van der Waals surface area contributed by atoms with Crippen molar-refractivity contribution in [3.63, 3.8) is 0 Å². The fourth-order valence-electron chi connectivity index (χ4n) is 2.72. The molecule has 150 valence electrons. The number of carbonyl (C=O) groups is 1. The Kier molecular flexibility index (Phi) is 7.17. The molecule has 0 aliphatic rings. The van der Waals surface area contributed by atoms with Crippen molar-refractivity contribution in [2.45, 2.75) is 13.5 Å². The largest absolute Gasteiger partial charge is 0.494 e. The molecule has 0 unspecified atom stereocenters. The van der Waals surface area contributed by atoms with Crippen molar-refractivity contribution in [1.29, 1.82) is 5.26 Å². The molecule has 3 rings (SSSR count). The Morgan fingerprint density at radius 1 is 1.03 bits per heavy atom. The number of benzene rings is 3. The van der Waals surface area contributed by atoms with E-state index in [1.807, 2.05) is 49.4 Å². The first-order chi connectivity index (χ1) is 14.7. The molecule has 6 heteroatoms. The van der Waals surface area contributed by atoms with E-state index in [0.717, 1.165) is 5.56 Å². The van der Waals surface area contributed by atoms with Crippen molar-refractivity contribution in [2.75, 3.05) is 6.61 Å². The summed E-state index contributed by atoms with van der Waals surface area (Å²) >= 11 is 0. The molecule has 1 amide bonds. The van der Waals surface area contributed by atoms with Crippen molar-refractivity contribution < 1.29 is 14.3 Å². The summed E-state index contributed by atoms with van der Waals surface area (Å²) in [4.78, 5) is 12.2. The van der Waals surface area contributed by atoms with Gasteiger partial charge < -0.3 is 9.47 Å². The zero-order valence-electron chi connectivity index (χ0n) is 16.5. The number of nitriles is 1. The number of nitrogens with one attached hydrogen (secondary N) is 1. The molecule has 0 atom stereocenters. The second-order valence-electron chi connectivity index (χ2n) is 6.25. The van der Waals surface area contributed by atoms with E-state index in [1.165, 1.54) is 6.21 Å². The average Bonchev–Trinajstić information content (AvgIpc) is 2.79. The van der Waals surface area contributed by atoms with Gasteiger partial charge in [0.2, 0.25) is 0 Å². The van der Waals surface area contributed by atoms with Gasteiger partial charge in [-0.05, 0) is 49.4 Å². The first-order valence-corrected chi connectivity index (χ1v) is 9.47. The molecule has 0 aliphatic heterocycles. The predicted molar refractivity (Wildman–Crippen MR) is 115 cm³/mol. The number of hydrogen-bond acceptors (Lipinski definition) is 5. The van der Waals surface area contributed by atoms with Crippen LogP contribution in [-0.2, 0) is 6.61 Å². The number of rotatable bonds is 8. The fraction of sp³-hybridized carbons (Fsp3) is 0.125. The average molecular weight is 399 g/mol. The molecular weight excluding hydrogens is 378 g/mol. The summed E-state index contributed by atoms with van der Waals surface area (Å²) in [5.74, 6) is 0.988. The topological polar surface area (TPSA) is 83.7 Å². The van der Waals surface area contributed by atoms with Crippen LogP contribution in [0, 0.1) is 11.3 Å². The van der Waals surface area contributed by atoms with Gasteiger partial charge in [-0.2, -0.15) is 10.4 Å². The second kappa shape index (κ2) is 10.4. The Balaban J connectivity index is 1.63. The molecule has 0 fully saturated rings. The maximum absolute atomic E-state index is 12.2. The molecule has 3 aromatic rings. The van der Waals surface area contributed by atoms with Gasteiger partial charge in [0.25, 0.3) is 5.91 Å². The van der Waals surface area contributed by atoms with E-state index in [0.29, 0.717) is 34.8 Å². The van der Waals surface area contributed by atoms with Gasteiger partial charge in [0, 0.05) is 16.7 Å². The first-order valence-electron chi connectivity index (χ1n) is 9.47. The molecule has 0 saturated heterocycles. The van der Waals surface area contributed by atoms with Gasteiger partial charge in [-0.15, -0.1) is 0 Å². The fourth-order valence-corrected chi connectivity index (χ4v) is 2.72. The third-order valence-corrected chi connectivity index (χ3v) is 4.24. The lowest BCUT2D eigenvalue weighted by Gasteiger charge is -2.10. The van der Waals surface area contributed by atoms with E-state index >= 15 is 0 Å². The number of amides is 1. The maximum atomic E-state index is 12.2. The van der Waals surface area contributed by atoms with Gasteiger partial charge >= 0.3 is 0 Å². The molecular formula is C24H21N3O3. The van der Waals surface area contributed by atoms with E-state index in [1.54, 1.807) is 30.3 Å². The molecule has 6 nitrogen and oxygen atoms in total. The van der Waals surface area contributed by atoms with Crippen molar-refractivity contribution >= 4 is 12.1 Å². The Bertz CT molecular complexity index is 1070. The quantitative estimate of drug-likeness (QED) is 0.452. The van der Waals surface area contributed by atoms with Gasteiger partial charge in [0.15, 0.2) is 0 Å². The van der Waals surface area contributed by atoms with Crippen molar-refractivity contribution in [1.82, 2.24) is 5.43 Å². The van der Waals surface area contributed by atoms with Crippen LogP contribution >= 0.6 is 0 Å². The third kappa shape index (κ3) is 5.46. The number of ether oxygens (including phenoxy) is 2. The zero-order valence-corrected chi connectivity index (χ0v) is 16.5. The van der Waals surface area contributed by atoms with E-state index in [4.69, 9.17) is 9.47 Å². The van der Waals surface area contributed by atoms with Crippen LogP contribution in [0.4, 0.5) is 0 Å². The number of nitrogens with zero attached hydrogens (tertiary/aromatic N) is 2. The minimum atomic E-state index is -0.323. The van der Waals surface area contributed by atoms with Crippen LogP contribution in [0.15, 0.2) is 77.9 Å². The van der Waals surface area contributed by atoms with Gasteiger partial charge in [-0.1, -0.05) is 30.3 Å². The van der Waals surface area contributed by atoms with Crippen molar-refractivity contribution in [3.05, 3.63) is 95.1 Å². The Labute approximate surface area is 175 Å². The van der Waals surface area contributed by atoms with Gasteiger partial charge in [-0.3, -0.25) is 4.79 Å². The number of hydrogen-bond donors (Lipinski definition) is 1. The molecule has 0 spiro atoms. The summed E-state index contributed by atoms with van der Waals surface area (Å²) in [6, 6.07) is 23.6. The summed E-state index contributed by atoms with van der Waals surface area (Å²) in [6.45, 7) is 2.73. The smallest absolute Gasteiger partial charge is 0.271 e. The normalized spacial score (nSPS) is 10.4. The minimum absolute atomic E-state index is 0.257. The van der Waals surface area contributed by atoms with E-state index < -0.39 is 0 Å². The van der Waals surface area contributed by atoms with Gasteiger partial charge in [0.05, 0.1) is 24.5 Å². The highest BCUT2D eigenvalue weighted by atomic mass is 16.5. The standard InChI is InChI=1S/C24H21N3O3/c1-2-29-22-13-11-18(12-14-22)24(28)27-26-16-20-8-5-6-10-23(20)30-17-21-9-4-3-7-19(21)15-25/h3-14,16H,2,17H2,1H3,(H,27,28)/b26-16-. The molecule has 0 bridgehead atoms. The highest BCUT2D eigenvalue weighted by molar-refractivity contribution is 5.95. The first kappa shape index (κ1) is 20.6. The lowest BCUT2D eigenvalue weighted by molar-refractivity contribution is 0.0955. The van der Waals surface area contributed by atoms with Crippen LogP contribution in [0.25, 0.3) is 0 Å². The molecule has 30 heavy (non-hydrogen) atoms. The maximum Gasteiger partial charge on any atom is 0.271 e. The van der Waals surface area contributed by atoms with Gasteiger partial charge in [0.1, 0.15) is 18.1 Å². The molecule has 1 N–H and O–H groups in total. The van der Waals surface area contributed by atoms with E-state index in [9.17, 15) is 10.1 Å². The summed E-state index contributed by atoms with van der Waals surface area (Å²) < 4.78 is 11.2. The summed E-state index contributed by atoms with van der Waals surface area (Å²) in [7, 11) is 0. The minimum Gasteiger partial charge on any atom is -0.494 e. The summed E-state index contributed by atoms with van der Waals surface area (Å²) in [5, 5.41) is 13.2. The number of para-hydroxylation sites is 1. The highest BCUT2D eigenvalue weighted by Crippen LogP contribution is 2.19. The SMILES string of the molecule is CCOc1ccc(C(=O)N/N=C\c2ccccc2OCc2ccccc2C#N)cc1. The highest BCUT2D eigenvalue weighted by Gasteiger charge is 2.06. The molecule has 0 aliphatic carbocycles. The van der Waals surface area contributed by atoms with Crippen molar-refractivity contribution in [2.24, 2.45) is 5.10 Å². The zero-order chi connectivity index (χ0) is 21.2. The van der Waals surface area contributed by atoms with Gasteiger partial charge in [-0.25, -0.2) is 5.43 Å². The van der Waals surface area contributed by atoms with Crippen LogP contribution in [0.2, 0.25) is 0 Å². The third-order valence-electron chi connectivity index (χ3n) is 4.24.